The van der Waals surface area contributed by atoms with Crippen LogP contribution in [0.4, 0.5) is 10.5 Å². The molecule has 1 N–H and O–H groups in total. The number of anilines is 1. The van der Waals surface area contributed by atoms with Gasteiger partial charge < -0.3 is 14.7 Å². The zero-order valence-corrected chi connectivity index (χ0v) is 17.2. The summed E-state index contributed by atoms with van der Waals surface area (Å²) >= 11 is 5.94. The Bertz CT molecular complexity index is 983. The van der Waals surface area contributed by atoms with Crippen molar-refractivity contribution in [2.45, 2.75) is 38.6 Å². The zero-order valence-electron chi connectivity index (χ0n) is 16.4. The molecule has 1 saturated heterocycles. The fraction of sp³-hybridized carbons (Fsp3) is 0.318. The number of rotatable bonds is 4. The van der Waals surface area contributed by atoms with E-state index in [4.69, 9.17) is 16.1 Å². The van der Waals surface area contributed by atoms with Crippen molar-refractivity contribution in [2.24, 2.45) is 0 Å². The van der Waals surface area contributed by atoms with Crippen LogP contribution in [0.5, 0.6) is 0 Å². The van der Waals surface area contributed by atoms with Gasteiger partial charge in [0.1, 0.15) is 6.04 Å². The molecule has 29 heavy (non-hydrogen) atoms. The molecule has 0 aliphatic carbocycles. The number of urea groups is 1. The van der Waals surface area contributed by atoms with Gasteiger partial charge in [-0.2, -0.15) is 4.98 Å². The lowest BCUT2D eigenvalue weighted by Crippen LogP contribution is -2.34. The van der Waals surface area contributed by atoms with Crippen LogP contribution in [0.25, 0.3) is 11.4 Å². The Morgan fingerprint density at radius 2 is 1.90 bits per heavy atom. The molecule has 0 radical (unpaired) electrons. The SMILES string of the molecule is CC(C)c1ccc(NC(=O)N2CCCC2c2nc(-c3ccc(Cl)cc3)no2)cc1. The Hall–Kier alpha value is -2.86. The summed E-state index contributed by atoms with van der Waals surface area (Å²) in [5, 5.41) is 7.70. The molecular weight excluding hydrogens is 388 g/mol. The first-order valence-corrected chi connectivity index (χ1v) is 10.2. The van der Waals surface area contributed by atoms with E-state index in [0.29, 0.717) is 29.2 Å². The van der Waals surface area contributed by atoms with Gasteiger partial charge in [0.15, 0.2) is 0 Å². The molecule has 1 fully saturated rings. The molecule has 1 aromatic heterocycles. The number of benzene rings is 2. The maximum absolute atomic E-state index is 12.8. The average Bonchev–Trinajstić information content (AvgIpc) is 3.38. The van der Waals surface area contributed by atoms with Crippen LogP contribution in [0.3, 0.4) is 0 Å². The highest BCUT2D eigenvalue weighted by Gasteiger charge is 2.34. The highest BCUT2D eigenvalue weighted by atomic mass is 35.5. The summed E-state index contributed by atoms with van der Waals surface area (Å²) in [4.78, 5) is 19.1. The van der Waals surface area contributed by atoms with E-state index in [1.807, 2.05) is 36.4 Å². The molecule has 6 nitrogen and oxygen atoms in total. The molecule has 1 atom stereocenters. The van der Waals surface area contributed by atoms with Crippen molar-refractivity contribution in [1.82, 2.24) is 15.0 Å². The monoisotopic (exact) mass is 410 g/mol. The fourth-order valence-corrected chi connectivity index (χ4v) is 3.63. The maximum atomic E-state index is 12.8. The Labute approximate surface area is 174 Å². The van der Waals surface area contributed by atoms with Crippen LogP contribution in [-0.2, 0) is 0 Å². The van der Waals surface area contributed by atoms with E-state index in [9.17, 15) is 4.79 Å². The second-order valence-electron chi connectivity index (χ2n) is 7.52. The molecule has 0 saturated carbocycles. The first kappa shape index (κ1) is 19.5. The molecule has 1 aliphatic heterocycles. The van der Waals surface area contributed by atoms with Gasteiger partial charge in [0.2, 0.25) is 11.7 Å². The van der Waals surface area contributed by atoms with E-state index in [1.54, 1.807) is 17.0 Å². The van der Waals surface area contributed by atoms with Gasteiger partial charge in [-0.1, -0.05) is 42.7 Å². The number of hydrogen-bond donors (Lipinski definition) is 1. The number of carbonyl (C=O) groups excluding carboxylic acids is 1. The second-order valence-corrected chi connectivity index (χ2v) is 7.96. The van der Waals surface area contributed by atoms with Crippen molar-refractivity contribution in [3.05, 3.63) is 65.0 Å². The van der Waals surface area contributed by atoms with E-state index in [2.05, 4.69) is 29.3 Å². The zero-order chi connectivity index (χ0) is 20.4. The number of carbonyl (C=O) groups is 1. The van der Waals surface area contributed by atoms with Gasteiger partial charge in [0, 0.05) is 22.8 Å². The van der Waals surface area contributed by atoms with Crippen molar-refractivity contribution in [2.75, 3.05) is 11.9 Å². The summed E-state index contributed by atoms with van der Waals surface area (Å²) in [6, 6.07) is 14.8. The predicted molar refractivity (Wildman–Crippen MR) is 113 cm³/mol. The van der Waals surface area contributed by atoms with E-state index < -0.39 is 0 Å². The van der Waals surface area contributed by atoms with E-state index in [0.717, 1.165) is 24.1 Å². The fourth-order valence-electron chi connectivity index (χ4n) is 3.50. The van der Waals surface area contributed by atoms with Crippen LogP contribution in [0, 0.1) is 0 Å². The van der Waals surface area contributed by atoms with E-state index in [1.165, 1.54) is 5.56 Å². The van der Waals surface area contributed by atoms with Crippen LogP contribution >= 0.6 is 11.6 Å². The molecule has 1 unspecified atom stereocenters. The summed E-state index contributed by atoms with van der Waals surface area (Å²) in [5.41, 5.74) is 2.84. The Morgan fingerprint density at radius 3 is 2.59 bits per heavy atom. The number of hydrogen-bond acceptors (Lipinski definition) is 4. The third kappa shape index (κ3) is 4.27. The average molecular weight is 411 g/mol. The molecule has 2 aromatic carbocycles. The van der Waals surface area contributed by atoms with Crippen molar-refractivity contribution < 1.29 is 9.32 Å². The van der Waals surface area contributed by atoms with Crippen LogP contribution in [0.2, 0.25) is 5.02 Å². The lowest BCUT2D eigenvalue weighted by atomic mass is 10.0. The Balaban J connectivity index is 1.47. The molecule has 1 aliphatic rings. The van der Waals surface area contributed by atoms with Crippen molar-refractivity contribution in [3.8, 4) is 11.4 Å². The first-order chi connectivity index (χ1) is 14.0. The second kappa shape index (κ2) is 8.25. The summed E-state index contributed by atoms with van der Waals surface area (Å²) in [7, 11) is 0. The Kier molecular flexibility index (Phi) is 5.53. The smallest absolute Gasteiger partial charge is 0.322 e. The van der Waals surface area contributed by atoms with Crippen LogP contribution in [-0.4, -0.2) is 27.6 Å². The predicted octanol–water partition coefficient (Wildman–Crippen LogP) is 5.88. The summed E-state index contributed by atoms with van der Waals surface area (Å²) < 4.78 is 5.49. The van der Waals surface area contributed by atoms with Gasteiger partial charge in [-0.3, -0.25) is 0 Å². The molecule has 4 rings (SSSR count). The first-order valence-electron chi connectivity index (χ1n) is 9.78. The van der Waals surface area contributed by atoms with Gasteiger partial charge >= 0.3 is 6.03 Å². The summed E-state index contributed by atoms with van der Waals surface area (Å²) in [5.74, 6) is 1.40. The van der Waals surface area contributed by atoms with E-state index in [-0.39, 0.29) is 12.1 Å². The minimum atomic E-state index is -0.224. The molecule has 150 valence electrons. The Morgan fingerprint density at radius 1 is 1.17 bits per heavy atom. The van der Waals surface area contributed by atoms with Gasteiger partial charge in [0.05, 0.1) is 0 Å². The quantitative estimate of drug-likeness (QED) is 0.582. The van der Waals surface area contributed by atoms with E-state index >= 15 is 0 Å². The number of likely N-dealkylation sites (tertiary alicyclic amines) is 1. The number of nitrogens with one attached hydrogen (secondary N) is 1. The minimum Gasteiger partial charge on any atom is -0.337 e. The van der Waals surface area contributed by atoms with Crippen LogP contribution < -0.4 is 5.32 Å². The molecular formula is C22H23ClN4O2. The highest BCUT2D eigenvalue weighted by molar-refractivity contribution is 6.30. The van der Waals surface area contributed by atoms with Crippen molar-refractivity contribution >= 4 is 23.3 Å². The van der Waals surface area contributed by atoms with Crippen LogP contribution in [0.15, 0.2) is 53.1 Å². The van der Waals surface area contributed by atoms with Gasteiger partial charge in [-0.15, -0.1) is 0 Å². The standard InChI is InChI=1S/C22H23ClN4O2/c1-14(2)15-7-11-18(12-8-15)24-22(28)27-13-3-4-19(27)21-25-20(26-29-21)16-5-9-17(23)10-6-16/h5-12,14,19H,3-4,13H2,1-2H3,(H,24,28). The normalized spacial score (nSPS) is 16.4. The highest BCUT2D eigenvalue weighted by Crippen LogP contribution is 2.32. The topological polar surface area (TPSA) is 71.3 Å². The molecule has 2 heterocycles. The van der Waals surface area contributed by atoms with Gasteiger partial charge in [0.25, 0.3) is 0 Å². The molecule has 0 spiro atoms. The van der Waals surface area contributed by atoms with Crippen LogP contribution in [0.1, 0.15) is 50.1 Å². The number of halogens is 1. The molecule has 3 aromatic rings. The van der Waals surface area contributed by atoms with Gasteiger partial charge in [-0.05, 0) is 60.7 Å². The lowest BCUT2D eigenvalue weighted by Gasteiger charge is -2.22. The molecule has 0 bridgehead atoms. The minimum absolute atomic E-state index is 0.156. The maximum Gasteiger partial charge on any atom is 0.322 e. The molecule has 2 amide bonds. The third-order valence-corrected chi connectivity index (χ3v) is 5.42. The molecule has 7 heteroatoms. The van der Waals surface area contributed by atoms with Gasteiger partial charge in [-0.25, -0.2) is 4.79 Å². The lowest BCUT2D eigenvalue weighted by molar-refractivity contribution is 0.193. The number of nitrogens with zero attached hydrogens (tertiary/aromatic N) is 3. The number of aromatic nitrogens is 2. The summed E-state index contributed by atoms with van der Waals surface area (Å²) in [6.45, 7) is 4.94. The number of amides is 2. The summed E-state index contributed by atoms with van der Waals surface area (Å²) in [6.07, 6.45) is 1.69. The van der Waals surface area contributed by atoms with Crippen molar-refractivity contribution in [3.63, 3.8) is 0 Å². The van der Waals surface area contributed by atoms with Crippen molar-refractivity contribution in [1.29, 1.82) is 0 Å². The third-order valence-electron chi connectivity index (χ3n) is 5.17. The largest absolute Gasteiger partial charge is 0.337 e.